The maximum absolute atomic E-state index is 11.5. The number of hydrogen-bond donors (Lipinski definition) is 2. The van der Waals surface area contributed by atoms with Crippen LogP contribution in [-0.4, -0.2) is 23.7 Å². The Morgan fingerprint density at radius 2 is 1.96 bits per heavy atom. The second-order valence-corrected chi connectivity index (χ2v) is 5.14. The highest BCUT2D eigenvalue weighted by Gasteiger charge is 2.02. The van der Waals surface area contributed by atoms with Gasteiger partial charge in [-0.2, -0.15) is 0 Å². The van der Waals surface area contributed by atoms with E-state index in [2.05, 4.69) is 19.2 Å². The molecule has 27 heavy (non-hydrogen) atoms. The van der Waals surface area contributed by atoms with Crippen molar-refractivity contribution in [2.24, 2.45) is 0 Å². The normalized spacial score (nSPS) is 19.0. The number of carbonyl (C=O) groups is 3. The maximum Gasteiger partial charge on any atom is 0.330 e. The standard InChI is InChI=1S/C18H19NO5S.C2H6/c1-3-23-17(21)11-9-15-7-6-14(5-4-13(2)24-12-15)8-10-16(20)19-18(22)25;1-2/h4-6,8-12H,2-3,7H2,1H3,(H2,19,20,22,25);1-2H3/b5-4-,10-8+,11-9+,14-6+,15-12+;. The van der Waals surface area contributed by atoms with Crippen molar-refractivity contribution in [2.75, 3.05) is 6.61 Å². The van der Waals surface area contributed by atoms with E-state index in [1.807, 2.05) is 25.2 Å². The van der Waals surface area contributed by atoms with Gasteiger partial charge in [0.1, 0.15) is 5.76 Å². The van der Waals surface area contributed by atoms with Gasteiger partial charge in [-0.3, -0.25) is 14.9 Å². The molecule has 7 heteroatoms. The lowest BCUT2D eigenvalue weighted by Crippen LogP contribution is -2.23. The molecule has 0 saturated carbocycles. The van der Waals surface area contributed by atoms with E-state index in [-0.39, 0.29) is 0 Å². The van der Waals surface area contributed by atoms with Crippen molar-refractivity contribution in [3.8, 4) is 0 Å². The first-order chi connectivity index (χ1) is 12.9. The van der Waals surface area contributed by atoms with Gasteiger partial charge in [-0.25, -0.2) is 4.79 Å². The van der Waals surface area contributed by atoms with Crippen molar-refractivity contribution in [3.05, 3.63) is 72.3 Å². The number of esters is 1. The van der Waals surface area contributed by atoms with E-state index >= 15 is 0 Å². The Labute approximate surface area is 165 Å². The van der Waals surface area contributed by atoms with Gasteiger partial charge in [-0.1, -0.05) is 45.2 Å². The summed E-state index contributed by atoms with van der Waals surface area (Å²) in [5, 5.41) is 1.29. The van der Waals surface area contributed by atoms with E-state index in [0.717, 1.165) is 0 Å². The van der Waals surface area contributed by atoms with Crippen LogP contribution in [0.2, 0.25) is 0 Å². The van der Waals surface area contributed by atoms with Crippen LogP contribution in [-0.2, 0) is 19.1 Å². The second kappa shape index (κ2) is 14.4. The van der Waals surface area contributed by atoms with Crippen molar-refractivity contribution in [2.45, 2.75) is 27.2 Å². The molecule has 0 aromatic rings. The van der Waals surface area contributed by atoms with Crippen LogP contribution in [0, 0.1) is 0 Å². The van der Waals surface area contributed by atoms with E-state index in [1.54, 1.807) is 25.2 Å². The van der Waals surface area contributed by atoms with Gasteiger partial charge in [-0.15, -0.1) is 0 Å². The van der Waals surface area contributed by atoms with Crippen LogP contribution in [0.4, 0.5) is 4.79 Å². The van der Waals surface area contributed by atoms with E-state index in [9.17, 15) is 14.4 Å². The van der Waals surface area contributed by atoms with E-state index in [1.165, 1.54) is 24.5 Å². The number of carbonyl (C=O) groups excluding carboxylic acids is 3. The Bertz CT molecular complexity index is 699. The van der Waals surface area contributed by atoms with Gasteiger partial charge in [0.25, 0.3) is 11.1 Å². The second-order valence-electron chi connectivity index (χ2n) is 4.73. The Hall–Kier alpha value is -2.80. The monoisotopic (exact) mass is 391 g/mol. The molecule has 0 bridgehead atoms. The lowest BCUT2D eigenvalue weighted by atomic mass is 10.1. The first-order valence-electron chi connectivity index (χ1n) is 8.40. The minimum absolute atomic E-state index is 0.297. The number of allylic oxidation sites excluding steroid dienone is 7. The summed E-state index contributed by atoms with van der Waals surface area (Å²) in [5.41, 5.74) is 1.41. The third-order valence-corrected chi connectivity index (χ3v) is 2.89. The molecular formula is C20H25NO5S. The summed E-state index contributed by atoms with van der Waals surface area (Å²) in [7, 11) is 0. The largest absolute Gasteiger partial charge is 0.465 e. The number of thiol groups is 1. The van der Waals surface area contributed by atoms with Crippen molar-refractivity contribution < 1.29 is 23.9 Å². The number of ether oxygens (including phenoxy) is 2. The lowest BCUT2D eigenvalue weighted by Gasteiger charge is -2.01. The highest BCUT2D eigenvalue weighted by atomic mass is 32.1. The smallest absolute Gasteiger partial charge is 0.330 e. The van der Waals surface area contributed by atoms with Gasteiger partial charge in [0, 0.05) is 12.2 Å². The summed E-state index contributed by atoms with van der Waals surface area (Å²) in [4.78, 5) is 33.5. The van der Waals surface area contributed by atoms with Crippen LogP contribution in [0.15, 0.2) is 72.3 Å². The summed E-state index contributed by atoms with van der Waals surface area (Å²) < 4.78 is 10.2. The molecule has 0 aromatic heterocycles. The fourth-order valence-electron chi connectivity index (χ4n) is 1.65. The SMILES string of the molecule is C=C1\C=C/C(/C=C/C(=O)NC(=O)S)=C\CC(/C=C/C(=O)OCC)=C\O1.CC. The van der Waals surface area contributed by atoms with Gasteiger partial charge in [0.15, 0.2) is 0 Å². The van der Waals surface area contributed by atoms with Crippen LogP contribution in [0.3, 0.4) is 0 Å². The molecule has 0 unspecified atom stereocenters. The fraction of sp³-hybridized carbons (Fsp3) is 0.250. The van der Waals surface area contributed by atoms with E-state index in [0.29, 0.717) is 29.9 Å². The maximum atomic E-state index is 11.5. The minimum atomic E-state index is -0.732. The molecule has 6 nitrogen and oxygen atoms in total. The summed E-state index contributed by atoms with van der Waals surface area (Å²) in [6.45, 7) is 9.75. The van der Waals surface area contributed by atoms with Gasteiger partial charge >= 0.3 is 5.97 Å². The summed E-state index contributed by atoms with van der Waals surface area (Å²) >= 11 is 3.47. The van der Waals surface area contributed by atoms with Crippen molar-refractivity contribution >= 4 is 29.7 Å². The number of nitrogens with one attached hydrogen (secondary N) is 1. The molecular weight excluding hydrogens is 366 g/mol. The molecule has 0 fully saturated rings. The summed E-state index contributed by atoms with van der Waals surface area (Å²) in [6.07, 6.45) is 12.7. The first kappa shape index (κ1) is 24.2. The zero-order valence-corrected chi connectivity index (χ0v) is 16.6. The molecule has 1 aliphatic rings. The molecule has 1 aliphatic heterocycles. The number of imide groups is 1. The number of amides is 2. The van der Waals surface area contributed by atoms with Crippen LogP contribution in [0.25, 0.3) is 0 Å². The molecule has 0 saturated heterocycles. The highest BCUT2D eigenvalue weighted by molar-refractivity contribution is 7.96. The van der Waals surface area contributed by atoms with Gasteiger partial charge in [-0.05, 0) is 42.7 Å². The third kappa shape index (κ3) is 12.2. The average molecular weight is 391 g/mol. The molecule has 1 N–H and O–H groups in total. The van der Waals surface area contributed by atoms with Crippen LogP contribution in [0.1, 0.15) is 27.2 Å². The molecule has 1 rings (SSSR count). The Balaban J connectivity index is 0.00000326. The Morgan fingerprint density at radius 1 is 1.26 bits per heavy atom. The van der Waals surface area contributed by atoms with Crippen molar-refractivity contribution in [1.29, 1.82) is 0 Å². The zero-order valence-electron chi connectivity index (χ0n) is 15.7. The van der Waals surface area contributed by atoms with Crippen LogP contribution in [0.5, 0.6) is 0 Å². The molecule has 2 amide bonds. The van der Waals surface area contributed by atoms with Crippen LogP contribution >= 0.6 is 12.6 Å². The third-order valence-electron chi connectivity index (χ3n) is 2.77. The Morgan fingerprint density at radius 3 is 2.59 bits per heavy atom. The van der Waals surface area contributed by atoms with Crippen molar-refractivity contribution in [1.82, 2.24) is 5.32 Å². The van der Waals surface area contributed by atoms with Crippen molar-refractivity contribution in [3.63, 3.8) is 0 Å². The van der Waals surface area contributed by atoms with Gasteiger partial charge in [0.05, 0.1) is 12.9 Å². The minimum Gasteiger partial charge on any atom is -0.465 e. The fourth-order valence-corrected chi connectivity index (χ4v) is 1.76. The molecule has 1 heterocycles. The van der Waals surface area contributed by atoms with Crippen LogP contribution < -0.4 is 5.32 Å². The summed E-state index contributed by atoms with van der Waals surface area (Å²) in [6, 6.07) is 0. The quantitative estimate of drug-likeness (QED) is 0.418. The highest BCUT2D eigenvalue weighted by Crippen LogP contribution is 2.15. The molecule has 0 aliphatic carbocycles. The molecule has 0 spiro atoms. The number of hydrogen-bond acceptors (Lipinski definition) is 5. The molecule has 0 atom stereocenters. The van der Waals surface area contributed by atoms with E-state index < -0.39 is 17.1 Å². The molecule has 0 aromatic carbocycles. The first-order valence-corrected chi connectivity index (χ1v) is 8.85. The topological polar surface area (TPSA) is 81.7 Å². The average Bonchev–Trinajstić information content (AvgIpc) is 2.71. The Kier molecular flexibility index (Phi) is 12.9. The predicted octanol–water partition coefficient (Wildman–Crippen LogP) is 4.15. The number of rotatable bonds is 5. The molecule has 146 valence electrons. The van der Waals surface area contributed by atoms with Gasteiger partial charge < -0.3 is 9.47 Å². The van der Waals surface area contributed by atoms with E-state index in [4.69, 9.17) is 9.47 Å². The molecule has 0 radical (unpaired) electrons. The lowest BCUT2D eigenvalue weighted by molar-refractivity contribution is -0.137. The van der Waals surface area contributed by atoms with Gasteiger partial charge in [0.2, 0.25) is 0 Å². The predicted molar refractivity (Wildman–Crippen MR) is 109 cm³/mol. The summed E-state index contributed by atoms with van der Waals surface area (Å²) in [5.74, 6) is -0.641. The zero-order chi connectivity index (χ0) is 20.7.